The molecule has 106 valence electrons. The second-order valence-corrected chi connectivity index (χ2v) is 5.94. The molecule has 0 aliphatic heterocycles. The molecular weight excluding hydrogens is 284 g/mol. The summed E-state index contributed by atoms with van der Waals surface area (Å²) in [7, 11) is 1.67. The van der Waals surface area contributed by atoms with E-state index in [2.05, 4.69) is 5.32 Å². The van der Waals surface area contributed by atoms with Crippen molar-refractivity contribution in [1.29, 1.82) is 0 Å². The van der Waals surface area contributed by atoms with Gasteiger partial charge in [-0.05, 0) is 37.3 Å². The molecule has 19 heavy (non-hydrogen) atoms. The van der Waals surface area contributed by atoms with Crippen LogP contribution in [0.15, 0.2) is 18.2 Å². The van der Waals surface area contributed by atoms with Crippen molar-refractivity contribution in [2.24, 2.45) is 0 Å². The summed E-state index contributed by atoms with van der Waals surface area (Å²) in [6, 6.07) is 5.03. The lowest BCUT2D eigenvalue weighted by Gasteiger charge is -2.13. The molecule has 3 N–H and O–H groups in total. The molecule has 1 aromatic rings. The number of rotatable bonds is 7. The zero-order valence-corrected chi connectivity index (χ0v) is 12.7. The van der Waals surface area contributed by atoms with Crippen LogP contribution in [-0.4, -0.2) is 30.6 Å². The number of hydrogen-bond acceptors (Lipinski definition) is 4. The Hall–Kier alpha value is -0.910. The molecule has 0 spiro atoms. The number of carbonyl (C=O) groups excluding carboxylic acids is 1. The third kappa shape index (κ3) is 5.72. The number of nitrogen functional groups attached to an aromatic ring is 1. The topological polar surface area (TPSA) is 64.3 Å². The Morgan fingerprint density at radius 3 is 2.95 bits per heavy atom. The first-order valence-corrected chi connectivity index (χ1v) is 7.43. The van der Waals surface area contributed by atoms with Crippen molar-refractivity contribution in [3.05, 3.63) is 23.2 Å². The summed E-state index contributed by atoms with van der Waals surface area (Å²) in [4.78, 5) is 12.0. The first kappa shape index (κ1) is 16.1. The Morgan fingerprint density at radius 2 is 2.32 bits per heavy atom. The molecule has 0 radical (unpaired) electrons. The highest BCUT2D eigenvalue weighted by Gasteiger charge is 2.14. The number of benzene rings is 1. The van der Waals surface area contributed by atoms with Crippen LogP contribution in [0.5, 0.6) is 0 Å². The zero-order valence-electron chi connectivity index (χ0n) is 11.1. The van der Waals surface area contributed by atoms with Gasteiger partial charge in [0.2, 0.25) is 5.91 Å². The van der Waals surface area contributed by atoms with E-state index in [4.69, 9.17) is 22.1 Å². The van der Waals surface area contributed by atoms with Gasteiger partial charge in [-0.2, -0.15) is 0 Å². The molecule has 0 saturated carbocycles. The Bertz CT molecular complexity index is 429. The Kier molecular flexibility index (Phi) is 7.05. The van der Waals surface area contributed by atoms with Crippen LogP contribution in [0.2, 0.25) is 5.02 Å². The van der Waals surface area contributed by atoms with Gasteiger partial charge in [0.25, 0.3) is 0 Å². The lowest BCUT2D eigenvalue weighted by atomic mass is 10.2. The molecule has 6 heteroatoms. The van der Waals surface area contributed by atoms with Crippen molar-refractivity contribution < 1.29 is 9.53 Å². The van der Waals surface area contributed by atoms with Gasteiger partial charge in [0.05, 0.1) is 16.0 Å². The maximum absolute atomic E-state index is 12.0. The Morgan fingerprint density at radius 1 is 1.58 bits per heavy atom. The highest BCUT2D eigenvalue weighted by atomic mass is 35.5. The van der Waals surface area contributed by atoms with Gasteiger partial charge in [-0.1, -0.05) is 11.6 Å². The molecule has 4 nitrogen and oxygen atoms in total. The van der Waals surface area contributed by atoms with Crippen molar-refractivity contribution in [1.82, 2.24) is 0 Å². The van der Waals surface area contributed by atoms with E-state index in [1.54, 1.807) is 37.1 Å². The fourth-order valence-corrected chi connectivity index (χ4v) is 2.49. The third-order valence-electron chi connectivity index (χ3n) is 2.48. The van der Waals surface area contributed by atoms with Crippen LogP contribution in [0.25, 0.3) is 0 Å². The van der Waals surface area contributed by atoms with Gasteiger partial charge in [0.15, 0.2) is 0 Å². The molecular formula is C13H19ClN2O2S. The number of carbonyl (C=O) groups is 1. The zero-order chi connectivity index (χ0) is 14.3. The van der Waals surface area contributed by atoms with E-state index in [1.807, 2.05) is 6.92 Å². The molecule has 1 unspecified atom stereocenters. The van der Waals surface area contributed by atoms with Gasteiger partial charge in [0, 0.05) is 19.4 Å². The molecule has 1 rings (SSSR count). The number of amides is 1. The van der Waals surface area contributed by atoms with Crippen molar-refractivity contribution in [2.75, 3.05) is 30.5 Å². The highest BCUT2D eigenvalue weighted by molar-refractivity contribution is 8.00. The van der Waals surface area contributed by atoms with Crippen molar-refractivity contribution in [2.45, 2.75) is 18.6 Å². The number of nitrogens with two attached hydrogens (primary N) is 1. The first-order chi connectivity index (χ1) is 9.04. The molecule has 0 heterocycles. The first-order valence-electron chi connectivity index (χ1n) is 6.01. The number of ether oxygens (including phenoxy) is 1. The smallest absolute Gasteiger partial charge is 0.237 e. The SMILES string of the molecule is COCCCSC(C)C(=O)Nc1ccc(N)cc1Cl. The number of thioether (sulfide) groups is 1. The summed E-state index contributed by atoms with van der Waals surface area (Å²) in [6.45, 7) is 2.59. The number of nitrogens with one attached hydrogen (secondary N) is 1. The molecule has 0 aromatic heterocycles. The van der Waals surface area contributed by atoms with E-state index in [9.17, 15) is 4.79 Å². The maximum atomic E-state index is 12.0. The van der Waals surface area contributed by atoms with Gasteiger partial charge < -0.3 is 15.8 Å². The Labute approximate surface area is 123 Å². The number of halogens is 1. The van der Waals surface area contributed by atoms with Crippen molar-refractivity contribution in [3.8, 4) is 0 Å². The van der Waals surface area contributed by atoms with Crippen LogP contribution in [0, 0.1) is 0 Å². The fourth-order valence-electron chi connectivity index (χ4n) is 1.41. The van der Waals surface area contributed by atoms with Crippen LogP contribution < -0.4 is 11.1 Å². The van der Waals surface area contributed by atoms with E-state index >= 15 is 0 Å². The van der Waals surface area contributed by atoms with Crippen LogP contribution >= 0.6 is 23.4 Å². The van der Waals surface area contributed by atoms with E-state index in [-0.39, 0.29) is 11.2 Å². The summed E-state index contributed by atoms with van der Waals surface area (Å²) < 4.78 is 4.96. The minimum absolute atomic E-state index is 0.0610. The minimum Gasteiger partial charge on any atom is -0.399 e. The van der Waals surface area contributed by atoms with E-state index < -0.39 is 0 Å². The quantitative estimate of drug-likeness (QED) is 0.600. The number of hydrogen-bond donors (Lipinski definition) is 2. The van der Waals surface area contributed by atoms with E-state index in [0.29, 0.717) is 23.0 Å². The van der Waals surface area contributed by atoms with Gasteiger partial charge >= 0.3 is 0 Å². The molecule has 0 bridgehead atoms. The van der Waals surface area contributed by atoms with E-state index in [1.165, 1.54) is 0 Å². The molecule has 1 atom stereocenters. The molecule has 0 fully saturated rings. The molecule has 1 amide bonds. The maximum Gasteiger partial charge on any atom is 0.237 e. The minimum atomic E-state index is -0.134. The predicted molar refractivity (Wildman–Crippen MR) is 82.9 cm³/mol. The van der Waals surface area contributed by atoms with Crippen LogP contribution in [0.1, 0.15) is 13.3 Å². The lowest BCUT2D eigenvalue weighted by Crippen LogP contribution is -2.23. The normalized spacial score (nSPS) is 12.2. The monoisotopic (exact) mass is 302 g/mol. The molecule has 0 aliphatic rings. The van der Waals surface area contributed by atoms with Crippen LogP contribution in [0.4, 0.5) is 11.4 Å². The van der Waals surface area contributed by atoms with E-state index in [0.717, 1.165) is 12.2 Å². The summed E-state index contributed by atoms with van der Waals surface area (Å²) in [6.07, 6.45) is 0.932. The Balaban J connectivity index is 2.45. The summed E-state index contributed by atoms with van der Waals surface area (Å²) in [5.74, 6) is 0.826. The molecule has 0 aliphatic carbocycles. The van der Waals surface area contributed by atoms with Gasteiger partial charge in [-0.3, -0.25) is 4.79 Å². The van der Waals surface area contributed by atoms with Gasteiger partial charge in [-0.25, -0.2) is 0 Å². The van der Waals surface area contributed by atoms with Gasteiger partial charge in [0.1, 0.15) is 0 Å². The second kappa shape index (κ2) is 8.30. The van der Waals surface area contributed by atoms with Crippen molar-refractivity contribution in [3.63, 3.8) is 0 Å². The second-order valence-electron chi connectivity index (χ2n) is 4.09. The molecule has 1 aromatic carbocycles. The average Bonchev–Trinajstić information content (AvgIpc) is 2.37. The standard InChI is InChI=1S/C13H19ClN2O2S/c1-9(19-7-3-6-18-2)13(17)16-12-5-4-10(15)8-11(12)14/h4-5,8-9H,3,6-7,15H2,1-2H3,(H,16,17). The molecule has 0 saturated heterocycles. The van der Waals surface area contributed by atoms with Crippen molar-refractivity contribution >= 4 is 40.6 Å². The summed E-state index contributed by atoms with van der Waals surface area (Å²) in [5, 5.41) is 3.11. The summed E-state index contributed by atoms with van der Waals surface area (Å²) >= 11 is 7.60. The highest BCUT2D eigenvalue weighted by Crippen LogP contribution is 2.25. The summed E-state index contributed by atoms with van der Waals surface area (Å²) in [5.41, 5.74) is 6.76. The van der Waals surface area contributed by atoms with Crippen LogP contribution in [-0.2, 0) is 9.53 Å². The average molecular weight is 303 g/mol. The largest absolute Gasteiger partial charge is 0.399 e. The number of methoxy groups -OCH3 is 1. The lowest BCUT2D eigenvalue weighted by molar-refractivity contribution is -0.115. The fraction of sp³-hybridized carbons (Fsp3) is 0.462. The predicted octanol–water partition coefficient (Wildman–Crippen LogP) is 3.02. The number of anilines is 2. The van der Waals surface area contributed by atoms with Gasteiger partial charge in [-0.15, -0.1) is 11.8 Å². The third-order valence-corrected chi connectivity index (χ3v) is 4.03. The van der Waals surface area contributed by atoms with Crippen LogP contribution in [0.3, 0.4) is 0 Å².